The summed E-state index contributed by atoms with van der Waals surface area (Å²) in [6.07, 6.45) is 1.01. The zero-order valence-corrected chi connectivity index (χ0v) is 10.4. The monoisotopic (exact) mass is 261 g/mol. The van der Waals surface area contributed by atoms with Crippen LogP contribution in [0, 0.1) is 16.0 Å². The van der Waals surface area contributed by atoms with Crippen LogP contribution in [-0.2, 0) is 4.74 Å². The highest BCUT2D eigenvalue weighted by Crippen LogP contribution is 2.24. The fourth-order valence-electron chi connectivity index (χ4n) is 2.23. The molecule has 2 heterocycles. The molecule has 2 aliphatic heterocycles. The van der Waals surface area contributed by atoms with Crippen LogP contribution < -0.4 is 5.32 Å². The van der Waals surface area contributed by atoms with E-state index in [1.807, 2.05) is 11.8 Å². The van der Waals surface area contributed by atoms with Crippen LogP contribution in [0.1, 0.15) is 13.3 Å². The Morgan fingerprint density at radius 2 is 2.53 bits per heavy atom. The van der Waals surface area contributed by atoms with Gasteiger partial charge in [-0.2, -0.15) is 0 Å². The van der Waals surface area contributed by atoms with E-state index in [1.54, 1.807) is 0 Å². The van der Waals surface area contributed by atoms with E-state index in [9.17, 15) is 10.1 Å². The van der Waals surface area contributed by atoms with Crippen LogP contribution in [0.3, 0.4) is 0 Å². The third-order valence-electron chi connectivity index (χ3n) is 3.22. The van der Waals surface area contributed by atoms with Crippen LogP contribution in [0.4, 0.5) is 0 Å². The molecule has 0 radical (unpaired) electrons. The van der Waals surface area contributed by atoms with Crippen molar-refractivity contribution in [1.29, 1.82) is 0 Å². The molecule has 17 heavy (non-hydrogen) atoms. The summed E-state index contributed by atoms with van der Waals surface area (Å²) in [5.41, 5.74) is 0. The Bertz CT molecular complexity index is 342. The maximum atomic E-state index is 10.7. The van der Waals surface area contributed by atoms with Crippen molar-refractivity contribution in [2.24, 2.45) is 5.92 Å². The van der Waals surface area contributed by atoms with E-state index >= 15 is 0 Å². The second-order valence-corrected chi connectivity index (χ2v) is 4.87. The van der Waals surface area contributed by atoms with Gasteiger partial charge in [-0.25, -0.2) is 0 Å². The van der Waals surface area contributed by atoms with Crippen molar-refractivity contribution in [3.05, 3.63) is 21.1 Å². The molecule has 6 nitrogen and oxygen atoms in total. The summed E-state index contributed by atoms with van der Waals surface area (Å²) in [6.45, 7) is 4.98. The van der Waals surface area contributed by atoms with Gasteiger partial charge in [0.25, 0.3) is 0 Å². The minimum Gasteiger partial charge on any atom is -0.381 e. The van der Waals surface area contributed by atoms with Gasteiger partial charge in [0.2, 0.25) is 0 Å². The van der Waals surface area contributed by atoms with Crippen molar-refractivity contribution >= 4 is 11.6 Å². The average molecular weight is 262 g/mol. The summed E-state index contributed by atoms with van der Waals surface area (Å²) >= 11 is 5.71. The Kier molecular flexibility index (Phi) is 3.73. The summed E-state index contributed by atoms with van der Waals surface area (Å²) in [5, 5.41) is 13.4. The molecule has 2 rings (SSSR count). The molecular weight excluding hydrogens is 246 g/mol. The van der Waals surface area contributed by atoms with Crippen LogP contribution >= 0.6 is 11.6 Å². The van der Waals surface area contributed by atoms with Gasteiger partial charge in [-0.05, 0) is 24.9 Å². The van der Waals surface area contributed by atoms with Crippen LogP contribution in [0.15, 0.2) is 11.0 Å². The van der Waals surface area contributed by atoms with Crippen LogP contribution in [-0.4, -0.2) is 42.2 Å². The summed E-state index contributed by atoms with van der Waals surface area (Å²) in [6, 6.07) is 0.222. The molecule has 0 bridgehead atoms. The highest BCUT2D eigenvalue weighted by atomic mass is 35.5. The van der Waals surface area contributed by atoms with Gasteiger partial charge >= 0.3 is 5.16 Å². The van der Waals surface area contributed by atoms with E-state index in [-0.39, 0.29) is 11.2 Å². The smallest absolute Gasteiger partial charge is 0.377 e. The van der Waals surface area contributed by atoms with Crippen molar-refractivity contribution in [2.45, 2.75) is 19.4 Å². The average Bonchev–Trinajstić information content (AvgIpc) is 2.90. The molecule has 0 aromatic heterocycles. The molecule has 96 valence electrons. The number of nitro groups is 1. The topological polar surface area (TPSA) is 67.6 Å². The lowest BCUT2D eigenvalue weighted by molar-refractivity contribution is -0.414. The van der Waals surface area contributed by atoms with Crippen molar-refractivity contribution < 1.29 is 9.66 Å². The fourth-order valence-corrected chi connectivity index (χ4v) is 2.41. The van der Waals surface area contributed by atoms with Gasteiger partial charge in [-0.15, -0.1) is 0 Å². The third-order valence-corrected chi connectivity index (χ3v) is 3.54. The Morgan fingerprint density at radius 3 is 3.12 bits per heavy atom. The lowest BCUT2D eigenvalue weighted by Gasteiger charge is -2.25. The minimum absolute atomic E-state index is 0.222. The first-order valence-corrected chi connectivity index (χ1v) is 6.09. The van der Waals surface area contributed by atoms with Crippen LogP contribution in [0.2, 0.25) is 0 Å². The summed E-state index contributed by atoms with van der Waals surface area (Å²) in [7, 11) is 0. The molecule has 7 heteroatoms. The molecular formula is C10H16ClN3O3. The first kappa shape index (κ1) is 12.4. The quantitative estimate of drug-likeness (QED) is 0.466. The van der Waals surface area contributed by atoms with Gasteiger partial charge in [0.1, 0.15) is 0 Å². The van der Waals surface area contributed by atoms with E-state index in [0.717, 1.165) is 26.2 Å². The van der Waals surface area contributed by atoms with Crippen molar-refractivity contribution in [2.75, 3.05) is 26.3 Å². The first-order chi connectivity index (χ1) is 8.09. The van der Waals surface area contributed by atoms with E-state index in [0.29, 0.717) is 18.3 Å². The Balaban J connectivity index is 2.10. The molecule has 2 fully saturated rings. The Labute approximate surface area is 105 Å². The minimum atomic E-state index is -0.555. The largest absolute Gasteiger partial charge is 0.381 e. The number of halogens is 1. The maximum absolute atomic E-state index is 10.7. The third kappa shape index (κ3) is 2.63. The van der Waals surface area contributed by atoms with Crippen molar-refractivity contribution in [1.82, 2.24) is 10.2 Å². The molecule has 0 spiro atoms. The molecule has 0 amide bonds. The number of hydrogen-bond donors (Lipinski definition) is 1. The SMILES string of the molecule is CC1CNC(=C(Cl)[N+](=O)[O-])N1CC1CCOC1. The molecule has 2 aliphatic rings. The molecule has 2 unspecified atom stereocenters. The predicted molar refractivity (Wildman–Crippen MR) is 63.0 cm³/mol. The molecule has 2 saturated heterocycles. The molecule has 1 N–H and O–H groups in total. The van der Waals surface area contributed by atoms with Crippen molar-refractivity contribution in [3.8, 4) is 0 Å². The van der Waals surface area contributed by atoms with Gasteiger partial charge in [0.05, 0.1) is 11.5 Å². The highest BCUT2D eigenvalue weighted by molar-refractivity contribution is 6.28. The van der Waals surface area contributed by atoms with E-state index in [1.165, 1.54) is 0 Å². The van der Waals surface area contributed by atoms with Gasteiger partial charge in [-0.1, -0.05) is 0 Å². The van der Waals surface area contributed by atoms with Gasteiger partial charge < -0.3 is 15.0 Å². The number of nitrogens with zero attached hydrogens (tertiary/aromatic N) is 2. The van der Waals surface area contributed by atoms with E-state index in [4.69, 9.17) is 16.3 Å². The van der Waals surface area contributed by atoms with Gasteiger partial charge in [0.15, 0.2) is 5.82 Å². The number of ether oxygens (including phenoxy) is 1. The van der Waals surface area contributed by atoms with E-state index in [2.05, 4.69) is 5.32 Å². The Hall–Kier alpha value is -1.01. The van der Waals surface area contributed by atoms with E-state index < -0.39 is 4.92 Å². The Morgan fingerprint density at radius 1 is 1.76 bits per heavy atom. The molecule has 0 aliphatic carbocycles. The first-order valence-electron chi connectivity index (χ1n) is 5.72. The van der Waals surface area contributed by atoms with Crippen LogP contribution in [0.25, 0.3) is 0 Å². The zero-order chi connectivity index (χ0) is 12.4. The van der Waals surface area contributed by atoms with Gasteiger partial charge in [0, 0.05) is 31.7 Å². The zero-order valence-electron chi connectivity index (χ0n) is 9.69. The summed E-state index contributed by atoms with van der Waals surface area (Å²) in [5.74, 6) is 0.875. The maximum Gasteiger partial charge on any atom is 0.377 e. The molecule has 0 aromatic rings. The molecule has 0 aromatic carbocycles. The summed E-state index contributed by atoms with van der Waals surface area (Å²) < 4.78 is 5.32. The second-order valence-electron chi connectivity index (χ2n) is 4.51. The lowest BCUT2D eigenvalue weighted by Crippen LogP contribution is -2.33. The summed E-state index contributed by atoms with van der Waals surface area (Å²) in [4.78, 5) is 12.1. The normalized spacial score (nSPS) is 31.5. The van der Waals surface area contributed by atoms with Crippen LogP contribution in [0.5, 0.6) is 0 Å². The standard InChI is InChI=1S/C10H16ClN3O3/c1-7-4-12-10(9(11)14(15)16)13(7)5-8-2-3-17-6-8/h7-8,12H,2-6H2,1H3. The number of hydrogen-bond acceptors (Lipinski definition) is 5. The highest BCUT2D eigenvalue weighted by Gasteiger charge is 2.33. The molecule has 2 atom stereocenters. The number of nitrogens with one attached hydrogen (secondary N) is 1. The second kappa shape index (κ2) is 5.10. The fraction of sp³-hybridized carbons (Fsp3) is 0.800. The van der Waals surface area contributed by atoms with Crippen molar-refractivity contribution in [3.63, 3.8) is 0 Å². The number of rotatable bonds is 3. The lowest BCUT2D eigenvalue weighted by atomic mass is 10.1. The predicted octanol–water partition coefficient (Wildman–Crippen LogP) is 0.959. The molecule has 0 saturated carbocycles. The van der Waals surface area contributed by atoms with Gasteiger partial charge in [-0.3, -0.25) is 10.1 Å².